The Kier molecular flexibility index (Phi) is 7.34. The van der Waals surface area contributed by atoms with Gasteiger partial charge in [-0.1, -0.05) is 78.9 Å². The topological polar surface area (TPSA) is 35.5 Å². The second kappa shape index (κ2) is 10.1. The first-order valence-electron chi connectivity index (χ1n) is 9.93. The van der Waals surface area contributed by atoms with Gasteiger partial charge in [0.05, 0.1) is 25.4 Å². The minimum Gasteiger partial charge on any atom is -0.374 e. The first kappa shape index (κ1) is 21.0. The Labute approximate surface area is 173 Å². The fourth-order valence-corrected chi connectivity index (χ4v) is 3.27. The number of Topliss-reactive ketones (excluding diaryl/α,β-unsaturated/α-hetero) is 1. The number of carbonyl (C=O) groups excluding carboxylic acids is 1. The number of carbonyl (C=O) groups is 1. The third-order valence-electron chi connectivity index (χ3n) is 4.86. The van der Waals surface area contributed by atoms with Crippen molar-refractivity contribution >= 4 is 5.78 Å². The summed E-state index contributed by atoms with van der Waals surface area (Å²) in [6.07, 6.45) is 0.662. The first-order chi connectivity index (χ1) is 14.0. The van der Waals surface area contributed by atoms with E-state index in [1.165, 1.54) is 0 Å². The minimum absolute atomic E-state index is 0.0686. The predicted molar refractivity (Wildman–Crippen MR) is 116 cm³/mol. The summed E-state index contributed by atoms with van der Waals surface area (Å²) in [5.74, 6) is 0.0686. The fraction of sp³-hybridized carbons (Fsp3) is 0.269. The van der Waals surface area contributed by atoms with Crippen molar-refractivity contribution in [2.45, 2.75) is 39.1 Å². The third kappa shape index (κ3) is 6.67. The molecular formula is C26H28O3. The van der Waals surface area contributed by atoms with Gasteiger partial charge in [-0.3, -0.25) is 4.79 Å². The lowest BCUT2D eigenvalue weighted by Crippen LogP contribution is -2.37. The smallest absolute Gasteiger partial charge is 0.159 e. The zero-order valence-corrected chi connectivity index (χ0v) is 17.1. The van der Waals surface area contributed by atoms with Crippen LogP contribution in [-0.2, 0) is 29.1 Å². The van der Waals surface area contributed by atoms with E-state index in [-0.39, 0.29) is 5.78 Å². The fourth-order valence-electron chi connectivity index (χ4n) is 3.27. The molecule has 0 radical (unpaired) electrons. The van der Waals surface area contributed by atoms with Crippen LogP contribution in [0, 0.1) is 0 Å². The Bertz CT molecular complexity index is 906. The van der Waals surface area contributed by atoms with Gasteiger partial charge in [-0.25, -0.2) is 0 Å². The number of benzene rings is 3. The summed E-state index contributed by atoms with van der Waals surface area (Å²) in [5.41, 5.74) is 3.53. The third-order valence-corrected chi connectivity index (χ3v) is 4.86. The average Bonchev–Trinajstić information content (AvgIpc) is 2.74. The lowest BCUT2D eigenvalue weighted by atomic mass is 9.95. The van der Waals surface area contributed by atoms with Crippen LogP contribution >= 0.6 is 0 Å². The monoisotopic (exact) mass is 388 g/mol. The molecule has 3 aromatic rings. The summed E-state index contributed by atoms with van der Waals surface area (Å²) >= 11 is 0. The Morgan fingerprint density at radius 3 is 2.00 bits per heavy atom. The lowest BCUT2D eigenvalue weighted by Gasteiger charge is -2.30. The van der Waals surface area contributed by atoms with Crippen molar-refractivity contribution in [2.75, 3.05) is 6.61 Å². The summed E-state index contributed by atoms with van der Waals surface area (Å²) < 4.78 is 12.4. The zero-order valence-electron chi connectivity index (χ0n) is 17.1. The molecule has 0 saturated heterocycles. The van der Waals surface area contributed by atoms with E-state index >= 15 is 0 Å². The van der Waals surface area contributed by atoms with Crippen LogP contribution in [0.25, 0.3) is 0 Å². The molecule has 0 aromatic heterocycles. The van der Waals surface area contributed by atoms with Gasteiger partial charge >= 0.3 is 0 Å². The van der Waals surface area contributed by atoms with Crippen LogP contribution in [0.2, 0.25) is 0 Å². The highest BCUT2D eigenvalue weighted by atomic mass is 16.5. The van der Waals surface area contributed by atoms with Crippen molar-refractivity contribution < 1.29 is 14.3 Å². The van der Waals surface area contributed by atoms with Crippen molar-refractivity contribution in [3.63, 3.8) is 0 Å². The van der Waals surface area contributed by atoms with E-state index in [0.29, 0.717) is 26.2 Å². The molecule has 0 spiro atoms. The molecule has 3 aromatic carbocycles. The largest absolute Gasteiger partial charge is 0.374 e. The molecule has 0 aliphatic rings. The van der Waals surface area contributed by atoms with Crippen molar-refractivity contribution in [1.29, 1.82) is 0 Å². The molecule has 0 heterocycles. The summed E-state index contributed by atoms with van der Waals surface area (Å²) in [6, 6.07) is 28.0. The maximum atomic E-state index is 11.7. The Morgan fingerprint density at radius 2 is 1.38 bits per heavy atom. The number of ether oxygens (including phenoxy) is 2. The summed E-state index contributed by atoms with van der Waals surface area (Å²) in [7, 11) is 0. The number of ketones is 1. The maximum Gasteiger partial charge on any atom is 0.159 e. The molecule has 1 unspecified atom stereocenters. The van der Waals surface area contributed by atoms with Crippen molar-refractivity contribution in [3.05, 3.63) is 107 Å². The normalized spacial score (nSPS) is 13.0. The molecule has 3 heteroatoms. The van der Waals surface area contributed by atoms with Crippen molar-refractivity contribution in [1.82, 2.24) is 0 Å². The quantitative estimate of drug-likeness (QED) is 0.423. The minimum atomic E-state index is -0.514. The summed E-state index contributed by atoms with van der Waals surface area (Å²) in [5, 5.41) is 0. The molecule has 3 rings (SSSR count). The van der Waals surface area contributed by atoms with Gasteiger partial charge in [0.25, 0.3) is 0 Å². The molecule has 0 amide bonds. The Balaban J connectivity index is 1.70. The standard InChI is InChI=1S/C26H28O3/c1-21(27)25-15-9-14-24(16-25)17-26(2,29-19-23-12-7-4-8-13-23)20-28-18-22-10-5-3-6-11-22/h3-16H,17-20H2,1-2H3. The maximum absolute atomic E-state index is 11.7. The van der Waals surface area contributed by atoms with Crippen LogP contribution < -0.4 is 0 Å². The second-order valence-corrected chi connectivity index (χ2v) is 7.64. The van der Waals surface area contributed by atoms with Crippen molar-refractivity contribution in [3.8, 4) is 0 Å². The molecule has 0 aliphatic carbocycles. The molecular weight excluding hydrogens is 360 g/mol. The number of hydrogen-bond donors (Lipinski definition) is 0. The molecule has 0 N–H and O–H groups in total. The molecule has 0 aliphatic heterocycles. The summed E-state index contributed by atoms with van der Waals surface area (Å²) in [4.78, 5) is 11.7. The SMILES string of the molecule is CC(=O)c1cccc(CC(C)(COCc2ccccc2)OCc2ccccc2)c1. The second-order valence-electron chi connectivity index (χ2n) is 7.64. The first-order valence-corrected chi connectivity index (χ1v) is 9.93. The highest BCUT2D eigenvalue weighted by molar-refractivity contribution is 5.94. The van der Waals surface area contributed by atoms with Gasteiger partial charge in [0, 0.05) is 12.0 Å². The van der Waals surface area contributed by atoms with Crippen LogP contribution in [0.5, 0.6) is 0 Å². The highest BCUT2D eigenvalue weighted by Gasteiger charge is 2.27. The van der Waals surface area contributed by atoms with Gasteiger partial charge in [0.1, 0.15) is 0 Å². The Morgan fingerprint density at radius 1 is 0.793 bits per heavy atom. The van der Waals surface area contributed by atoms with Crippen LogP contribution in [0.4, 0.5) is 0 Å². The van der Waals surface area contributed by atoms with E-state index in [9.17, 15) is 4.79 Å². The van der Waals surface area contributed by atoms with Gasteiger partial charge in [0.15, 0.2) is 5.78 Å². The number of hydrogen-bond acceptors (Lipinski definition) is 3. The van der Waals surface area contributed by atoms with Gasteiger partial charge < -0.3 is 9.47 Å². The summed E-state index contributed by atoms with van der Waals surface area (Å²) in [6.45, 7) is 5.17. The van der Waals surface area contributed by atoms with E-state index in [1.807, 2.05) is 60.7 Å². The number of rotatable bonds is 10. The molecule has 0 bridgehead atoms. The van der Waals surface area contributed by atoms with Gasteiger partial charge in [0.2, 0.25) is 0 Å². The highest BCUT2D eigenvalue weighted by Crippen LogP contribution is 2.22. The average molecular weight is 389 g/mol. The van der Waals surface area contributed by atoms with Gasteiger partial charge in [-0.05, 0) is 36.6 Å². The van der Waals surface area contributed by atoms with Gasteiger partial charge in [-0.15, -0.1) is 0 Å². The molecule has 0 saturated carbocycles. The zero-order chi connectivity index (χ0) is 20.5. The molecule has 150 valence electrons. The predicted octanol–water partition coefficient (Wildman–Crippen LogP) is 5.62. The lowest BCUT2D eigenvalue weighted by molar-refractivity contribution is -0.0981. The molecule has 0 fully saturated rings. The molecule has 3 nitrogen and oxygen atoms in total. The molecule has 1 atom stereocenters. The van der Waals surface area contributed by atoms with Crippen LogP contribution in [0.15, 0.2) is 84.9 Å². The van der Waals surface area contributed by atoms with Gasteiger partial charge in [-0.2, -0.15) is 0 Å². The van der Waals surface area contributed by atoms with E-state index in [0.717, 1.165) is 22.3 Å². The van der Waals surface area contributed by atoms with E-state index in [1.54, 1.807) is 6.92 Å². The van der Waals surface area contributed by atoms with Crippen LogP contribution in [-0.4, -0.2) is 18.0 Å². The van der Waals surface area contributed by atoms with Crippen LogP contribution in [0.3, 0.4) is 0 Å². The van der Waals surface area contributed by atoms with E-state index in [2.05, 4.69) is 31.2 Å². The Hall–Kier alpha value is -2.75. The molecule has 29 heavy (non-hydrogen) atoms. The van der Waals surface area contributed by atoms with E-state index in [4.69, 9.17) is 9.47 Å². The van der Waals surface area contributed by atoms with E-state index < -0.39 is 5.60 Å². The van der Waals surface area contributed by atoms with Crippen LogP contribution in [0.1, 0.15) is 40.9 Å². The van der Waals surface area contributed by atoms with Crippen molar-refractivity contribution in [2.24, 2.45) is 0 Å².